The van der Waals surface area contributed by atoms with Gasteiger partial charge in [0.2, 0.25) is 0 Å². The molecule has 0 saturated carbocycles. The second-order valence-electron chi connectivity index (χ2n) is 6.07. The van der Waals surface area contributed by atoms with Crippen molar-refractivity contribution in [3.63, 3.8) is 0 Å². The van der Waals surface area contributed by atoms with Gasteiger partial charge >= 0.3 is 5.97 Å². The van der Waals surface area contributed by atoms with E-state index in [0.717, 1.165) is 22.6 Å². The van der Waals surface area contributed by atoms with Gasteiger partial charge in [0.15, 0.2) is 0 Å². The molecule has 0 radical (unpaired) electrons. The maximum absolute atomic E-state index is 11.2. The van der Waals surface area contributed by atoms with Crippen LogP contribution >= 0.6 is 11.8 Å². The SMILES string of the molecule is COC(=O)CSCc1cccc(OCc2ccc(-c3ccccc3)cc2)c1. The molecule has 138 valence electrons. The molecular weight excluding hydrogens is 356 g/mol. The fourth-order valence-corrected chi connectivity index (χ4v) is 3.43. The first kappa shape index (κ1) is 19.1. The summed E-state index contributed by atoms with van der Waals surface area (Å²) in [6, 6.07) is 26.7. The molecule has 0 N–H and O–H groups in total. The summed E-state index contributed by atoms with van der Waals surface area (Å²) < 4.78 is 10.6. The van der Waals surface area contributed by atoms with E-state index in [0.29, 0.717) is 12.4 Å². The summed E-state index contributed by atoms with van der Waals surface area (Å²) in [6.07, 6.45) is 0. The summed E-state index contributed by atoms with van der Waals surface area (Å²) in [5.41, 5.74) is 4.66. The van der Waals surface area contributed by atoms with Crippen molar-refractivity contribution >= 4 is 17.7 Å². The van der Waals surface area contributed by atoms with Gasteiger partial charge in [-0.05, 0) is 34.4 Å². The van der Waals surface area contributed by atoms with Crippen molar-refractivity contribution in [2.45, 2.75) is 12.4 Å². The van der Waals surface area contributed by atoms with E-state index < -0.39 is 0 Å². The van der Waals surface area contributed by atoms with Crippen molar-refractivity contribution in [2.75, 3.05) is 12.9 Å². The molecule has 3 nitrogen and oxygen atoms in total. The molecule has 3 rings (SSSR count). The number of thioether (sulfide) groups is 1. The summed E-state index contributed by atoms with van der Waals surface area (Å²) in [4.78, 5) is 11.2. The largest absolute Gasteiger partial charge is 0.489 e. The lowest BCUT2D eigenvalue weighted by Crippen LogP contribution is -2.03. The summed E-state index contributed by atoms with van der Waals surface area (Å²) in [7, 11) is 1.41. The third-order valence-electron chi connectivity index (χ3n) is 4.08. The molecule has 3 aromatic carbocycles. The van der Waals surface area contributed by atoms with Gasteiger partial charge in [-0.2, -0.15) is 0 Å². The van der Waals surface area contributed by atoms with Gasteiger partial charge in [-0.15, -0.1) is 11.8 Å². The molecule has 3 aromatic rings. The molecule has 0 spiro atoms. The van der Waals surface area contributed by atoms with Crippen LogP contribution in [0.4, 0.5) is 0 Å². The van der Waals surface area contributed by atoms with Gasteiger partial charge in [0, 0.05) is 5.75 Å². The Balaban J connectivity index is 1.54. The highest BCUT2D eigenvalue weighted by Gasteiger charge is 2.03. The van der Waals surface area contributed by atoms with Gasteiger partial charge < -0.3 is 9.47 Å². The number of carbonyl (C=O) groups excluding carboxylic acids is 1. The Morgan fingerprint density at radius 2 is 1.59 bits per heavy atom. The number of benzene rings is 3. The second-order valence-corrected chi connectivity index (χ2v) is 7.05. The second kappa shape index (κ2) is 9.83. The van der Waals surface area contributed by atoms with E-state index >= 15 is 0 Å². The lowest BCUT2D eigenvalue weighted by Gasteiger charge is -2.09. The number of hydrogen-bond acceptors (Lipinski definition) is 4. The number of hydrogen-bond donors (Lipinski definition) is 0. The molecule has 0 bridgehead atoms. The molecular formula is C23H22O3S. The lowest BCUT2D eigenvalue weighted by molar-refractivity contribution is -0.137. The van der Waals surface area contributed by atoms with Crippen molar-refractivity contribution in [3.05, 3.63) is 90.0 Å². The molecule has 0 heterocycles. The Bertz CT molecular complexity index is 860. The minimum atomic E-state index is -0.202. The van der Waals surface area contributed by atoms with Crippen molar-refractivity contribution in [3.8, 4) is 16.9 Å². The highest BCUT2D eigenvalue weighted by molar-refractivity contribution is 7.99. The van der Waals surface area contributed by atoms with Crippen LogP contribution in [-0.2, 0) is 21.9 Å². The fraction of sp³-hybridized carbons (Fsp3) is 0.174. The van der Waals surface area contributed by atoms with E-state index in [1.807, 2.05) is 42.5 Å². The summed E-state index contributed by atoms with van der Waals surface area (Å²) in [5.74, 6) is 1.73. The molecule has 0 aliphatic rings. The molecule has 0 fully saturated rings. The van der Waals surface area contributed by atoms with Gasteiger partial charge in [-0.3, -0.25) is 4.79 Å². The van der Waals surface area contributed by atoms with Crippen LogP contribution in [0.25, 0.3) is 11.1 Å². The first-order valence-electron chi connectivity index (χ1n) is 8.75. The Morgan fingerprint density at radius 1 is 0.852 bits per heavy atom. The first-order chi connectivity index (χ1) is 13.2. The highest BCUT2D eigenvalue weighted by atomic mass is 32.2. The monoisotopic (exact) mass is 378 g/mol. The normalized spacial score (nSPS) is 10.4. The number of esters is 1. The highest BCUT2D eigenvalue weighted by Crippen LogP contribution is 2.21. The van der Waals surface area contributed by atoms with Crippen molar-refractivity contribution in [2.24, 2.45) is 0 Å². The molecule has 27 heavy (non-hydrogen) atoms. The standard InChI is InChI=1S/C23H22O3S/c1-25-23(24)17-27-16-19-6-5-9-22(14-19)26-15-18-10-12-21(13-11-18)20-7-3-2-4-8-20/h2-14H,15-17H2,1H3. The maximum atomic E-state index is 11.2. The molecule has 0 aliphatic carbocycles. The zero-order valence-corrected chi connectivity index (χ0v) is 16.1. The van der Waals surface area contributed by atoms with Crippen molar-refractivity contribution in [1.29, 1.82) is 0 Å². The van der Waals surface area contributed by atoms with Gasteiger partial charge in [-0.1, -0.05) is 66.7 Å². The third kappa shape index (κ3) is 5.90. The van der Waals surface area contributed by atoms with Crippen LogP contribution in [0.1, 0.15) is 11.1 Å². The predicted octanol–water partition coefficient (Wildman–Crippen LogP) is 5.34. The first-order valence-corrected chi connectivity index (χ1v) is 9.91. The topological polar surface area (TPSA) is 35.5 Å². The Labute approximate surface area is 164 Å². The van der Waals surface area contributed by atoms with E-state index in [1.54, 1.807) is 0 Å². The number of rotatable bonds is 8. The minimum absolute atomic E-state index is 0.202. The van der Waals surface area contributed by atoms with Crippen LogP contribution in [0.3, 0.4) is 0 Å². The lowest BCUT2D eigenvalue weighted by atomic mass is 10.0. The van der Waals surface area contributed by atoms with E-state index in [9.17, 15) is 4.79 Å². The molecule has 0 atom stereocenters. The molecule has 0 saturated heterocycles. The number of ether oxygens (including phenoxy) is 2. The fourth-order valence-electron chi connectivity index (χ4n) is 2.63. The average molecular weight is 378 g/mol. The summed E-state index contributed by atoms with van der Waals surface area (Å²) in [5, 5.41) is 0. The smallest absolute Gasteiger partial charge is 0.315 e. The van der Waals surface area contributed by atoms with Crippen LogP contribution < -0.4 is 4.74 Å². The van der Waals surface area contributed by atoms with Crippen LogP contribution in [0.5, 0.6) is 5.75 Å². The third-order valence-corrected chi connectivity index (χ3v) is 5.06. The van der Waals surface area contributed by atoms with Crippen LogP contribution in [0.15, 0.2) is 78.9 Å². The van der Waals surface area contributed by atoms with E-state index in [4.69, 9.17) is 4.74 Å². The Hall–Kier alpha value is -2.72. The summed E-state index contributed by atoms with van der Waals surface area (Å²) >= 11 is 1.53. The minimum Gasteiger partial charge on any atom is -0.489 e. The van der Waals surface area contributed by atoms with Gasteiger partial charge in [-0.25, -0.2) is 0 Å². The molecule has 0 unspecified atom stereocenters. The van der Waals surface area contributed by atoms with Gasteiger partial charge in [0.25, 0.3) is 0 Å². The zero-order chi connectivity index (χ0) is 18.9. The van der Waals surface area contributed by atoms with Crippen molar-refractivity contribution < 1.29 is 14.3 Å². The van der Waals surface area contributed by atoms with E-state index in [-0.39, 0.29) is 5.97 Å². The van der Waals surface area contributed by atoms with Gasteiger partial charge in [0.05, 0.1) is 12.9 Å². The molecule has 0 amide bonds. The zero-order valence-electron chi connectivity index (χ0n) is 15.3. The Kier molecular flexibility index (Phi) is 6.94. The van der Waals surface area contributed by atoms with E-state index in [1.165, 1.54) is 30.0 Å². The predicted molar refractivity (Wildman–Crippen MR) is 111 cm³/mol. The van der Waals surface area contributed by atoms with E-state index in [2.05, 4.69) is 41.1 Å². The molecule has 0 aliphatic heterocycles. The average Bonchev–Trinajstić information content (AvgIpc) is 2.73. The van der Waals surface area contributed by atoms with Crippen LogP contribution in [-0.4, -0.2) is 18.8 Å². The van der Waals surface area contributed by atoms with Crippen LogP contribution in [0, 0.1) is 0 Å². The quantitative estimate of drug-likeness (QED) is 0.496. The maximum Gasteiger partial charge on any atom is 0.315 e. The number of carbonyl (C=O) groups is 1. The summed E-state index contributed by atoms with van der Waals surface area (Å²) in [6.45, 7) is 0.522. The van der Waals surface area contributed by atoms with Gasteiger partial charge in [0.1, 0.15) is 12.4 Å². The number of methoxy groups -OCH3 is 1. The molecule has 4 heteroatoms. The Morgan fingerprint density at radius 3 is 2.33 bits per heavy atom. The molecule has 0 aromatic heterocycles. The van der Waals surface area contributed by atoms with Crippen LogP contribution in [0.2, 0.25) is 0 Å². The van der Waals surface area contributed by atoms with Crippen molar-refractivity contribution in [1.82, 2.24) is 0 Å².